The zero-order valence-corrected chi connectivity index (χ0v) is 24.5. The zero-order valence-electron chi connectivity index (χ0n) is 24.5. The molecule has 210 valence electrons. The van der Waals surface area contributed by atoms with Gasteiger partial charge in [-0.05, 0) is 103 Å². The molecule has 4 saturated carbocycles. The van der Waals surface area contributed by atoms with Crippen LogP contribution in [0.25, 0.3) is 45.3 Å². The maximum atomic E-state index is 10.0. The maximum Gasteiger partial charge on any atom is 0.164 e. The Morgan fingerprint density at radius 3 is 1.70 bits per heavy atom. The summed E-state index contributed by atoms with van der Waals surface area (Å²) in [6, 6.07) is 35.8. The fourth-order valence-corrected chi connectivity index (χ4v) is 8.65. The van der Waals surface area contributed by atoms with Gasteiger partial charge in [-0.25, -0.2) is 15.0 Å². The second kappa shape index (κ2) is 10.3. The minimum absolute atomic E-state index is 0.248. The molecule has 0 spiro atoms. The van der Waals surface area contributed by atoms with Crippen LogP contribution in [0.4, 0.5) is 0 Å². The lowest BCUT2D eigenvalue weighted by atomic mass is 9.48. The van der Waals surface area contributed by atoms with Gasteiger partial charge in [0, 0.05) is 16.7 Å². The Bertz CT molecular complexity index is 1780. The van der Waals surface area contributed by atoms with E-state index in [1.54, 1.807) is 0 Å². The SMILES string of the molecule is Cc1cc(-c2cc(C#N)cc(C34CC5CC(CC(C5)C3)C4)c2)ccc1-c1nc(-c2ccccc2)nc(-c2ccccc2)n1. The molecule has 43 heavy (non-hydrogen) atoms. The van der Waals surface area contributed by atoms with E-state index in [-0.39, 0.29) is 5.41 Å². The molecule has 0 aliphatic heterocycles. The highest BCUT2D eigenvalue weighted by Gasteiger charge is 2.51. The molecule has 4 heteroatoms. The van der Waals surface area contributed by atoms with Crippen LogP contribution in [0.1, 0.15) is 55.2 Å². The molecule has 9 rings (SSSR count). The van der Waals surface area contributed by atoms with Gasteiger partial charge in [-0.15, -0.1) is 0 Å². The lowest BCUT2D eigenvalue weighted by Gasteiger charge is -2.57. The van der Waals surface area contributed by atoms with E-state index in [0.717, 1.165) is 56.7 Å². The van der Waals surface area contributed by atoms with Gasteiger partial charge in [0.25, 0.3) is 0 Å². The van der Waals surface area contributed by atoms with E-state index in [9.17, 15) is 5.26 Å². The lowest BCUT2D eigenvalue weighted by molar-refractivity contribution is -0.00517. The summed E-state index contributed by atoms with van der Waals surface area (Å²) in [4.78, 5) is 14.7. The molecular weight excluding hydrogens is 524 g/mol. The van der Waals surface area contributed by atoms with E-state index in [2.05, 4.69) is 49.4 Å². The molecule has 0 radical (unpaired) electrons. The second-order valence-electron chi connectivity index (χ2n) is 13.2. The van der Waals surface area contributed by atoms with E-state index < -0.39 is 0 Å². The molecular formula is C39H34N4. The van der Waals surface area contributed by atoms with Crippen LogP contribution in [0.3, 0.4) is 0 Å². The fraction of sp³-hybridized carbons (Fsp3) is 0.282. The Morgan fingerprint density at radius 2 is 1.16 bits per heavy atom. The topological polar surface area (TPSA) is 62.5 Å². The van der Waals surface area contributed by atoms with Gasteiger partial charge < -0.3 is 0 Å². The predicted octanol–water partition coefficient (Wildman–Crippen LogP) is 9.19. The summed E-state index contributed by atoms with van der Waals surface area (Å²) in [5, 5.41) is 10.0. The van der Waals surface area contributed by atoms with E-state index in [1.807, 2.05) is 60.7 Å². The number of benzene rings is 4. The van der Waals surface area contributed by atoms with Crippen LogP contribution in [0.15, 0.2) is 97.1 Å². The first-order valence-electron chi connectivity index (χ1n) is 15.6. The average molecular weight is 559 g/mol. The Hall–Kier alpha value is -4.62. The van der Waals surface area contributed by atoms with Crippen molar-refractivity contribution in [3.8, 4) is 51.4 Å². The Kier molecular flexibility index (Phi) is 6.22. The molecule has 4 bridgehead atoms. The van der Waals surface area contributed by atoms with Crippen LogP contribution in [0, 0.1) is 36.0 Å². The standard InChI is InChI=1S/C39H34N4/c1-25-14-32(33-18-29(24-40)19-34(20-33)39-21-26-15-27(22-39)17-28(16-26)23-39)12-13-35(25)38-42-36(30-8-4-2-5-9-30)41-37(43-38)31-10-6-3-7-11-31/h2-14,18-20,26-28H,15-17,21-23H2,1H3. The number of rotatable bonds is 5. The van der Waals surface area contributed by atoms with Crippen molar-refractivity contribution in [3.63, 3.8) is 0 Å². The molecule has 4 nitrogen and oxygen atoms in total. The molecule has 0 unspecified atom stereocenters. The normalized spacial score (nSPS) is 23.7. The van der Waals surface area contributed by atoms with Gasteiger partial charge in [0.05, 0.1) is 11.6 Å². The zero-order chi connectivity index (χ0) is 29.0. The molecule has 4 aliphatic carbocycles. The second-order valence-corrected chi connectivity index (χ2v) is 13.2. The molecule has 0 atom stereocenters. The monoisotopic (exact) mass is 558 g/mol. The number of hydrogen-bond acceptors (Lipinski definition) is 4. The quantitative estimate of drug-likeness (QED) is 0.216. The van der Waals surface area contributed by atoms with Crippen molar-refractivity contribution >= 4 is 0 Å². The fourth-order valence-electron chi connectivity index (χ4n) is 8.65. The highest BCUT2D eigenvalue weighted by Crippen LogP contribution is 2.61. The first kappa shape index (κ1) is 26.0. The maximum absolute atomic E-state index is 10.0. The minimum Gasteiger partial charge on any atom is -0.208 e. The number of aromatic nitrogens is 3. The van der Waals surface area contributed by atoms with Crippen LogP contribution in [-0.4, -0.2) is 15.0 Å². The van der Waals surface area contributed by atoms with Crippen molar-refractivity contribution < 1.29 is 0 Å². The van der Waals surface area contributed by atoms with Gasteiger partial charge in [0.15, 0.2) is 17.5 Å². The van der Waals surface area contributed by atoms with E-state index >= 15 is 0 Å². The Labute approximate surface area is 253 Å². The van der Waals surface area contributed by atoms with Crippen molar-refractivity contribution in [1.82, 2.24) is 15.0 Å². The van der Waals surface area contributed by atoms with Crippen molar-refractivity contribution in [2.75, 3.05) is 0 Å². The van der Waals surface area contributed by atoms with Crippen LogP contribution in [0.5, 0.6) is 0 Å². The number of hydrogen-bond donors (Lipinski definition) is 0. The smallest absolute Gasteiger partial charge is 0.164 e. The lowest BCUT2D eigenvalue weighted by Crippen LogP contribution is -2.48. The predicted molar refractivity (Wildman–Crippen MR) is 171 cm³/mol. The number of nitrogens with zero attached hydrogens (tertiary/aromatic N) is 4. The summed E-state index contributed by atoms with van der Waals surface area (Å²) < 4.78 is 0. The molecule has 0 saturated heterocycles. The van der Waals surface area contributed by atoms with Gasteiger partial charge >= 0.3 is 0 Å². The van der Waals surface area contributed by atoms with Gasteiger partial charge in [0.2, 0.25) is 0 Å². The molecule has 4 fully saturated rings. The first-order valence-corrected chi connectivity index (χ1v) is 15.6. The molecule has 4 aliphatic rings. The van der Waals surface area contributed by atoms with Crippen molar-refractivity contribution in [2.45, 2.75) is 50.9 Å². The average Bonchev–Trinajstić information content (AvgIpc) is 3.04. The highest BCUT2D eigenvalue weighted by atomic mass is 15.0. The van der Waals surface area contributed by atoms with Crippen molar-refractivity contribution in [1.29, 1.82) is 5.26 Å². The first-order chi connectivity index (χ1) is 21.0. The van der Waals surface area contributed by atoms with Gasteiger partial charge in [-0.1, -0.05) is 84.9 Å². The summed E-state index contributed by atoms with van der Waals surface area (Å²) in [5.74, 6) is 4.58. The minimum atomic E-state index is 0.248. The van der Waals surface area contributed by atoms with E-state index in [4.69, 9.17) is 15.0 Å². The number of aryl methyl sites for hydroxylation is 1. The van der Waals surface area contributed by atoms with Crippen LogP contribution in [-0.2, 0) is 5.41 Å². The van der Waals surface area contributed by atoms with E-state index in [0.29, 0.717) is 17.5 Å². The van der Waals surface area contributed by atoms with E-state index in [1.165, 1.54) is 44.1 Å². The third kappa shape index (κ3) is 4.74. The third-order valence-corrected chi connectivity index (χ3v) is 10.2. The van der Waals surface area contributed by atoms with Crippen molar-refractivity contribution in [3.05, 3.63) is 114 Å². The number of nitriles is 1. The van der Waals surface area contributed by atoms with Gasteiger partial charge in [-0.2, -0.15) is 5.26 Å². The molecule has 5 aromatic rings. The molecule has 4 aromatic carbocycles. The summed E-state index contributed by atoms with van der Waals surface area (Å²) in [6.45, 7) is 2.13. The van der Waals surface area contributed by atoms with Gasteiger partial charge in [-0.3, -0.25) is 0 Å². The summed E-state index contributed by atoms with van der Waals surface area (Å²) in [5.41, 5.74) is 8.67. The van der Waals surface area contributed by atoms with Crippen LogP contribution in [0.2, 0.25) is 0 Å². The summed E-state index contributed by atoms with van der Waals surface area (Å²) in [6.07, 6.45) is 8.12. The molecule has 0 amide bonds. The van der Waals surface area contributed by atoms with Gasteiger partial charge in [0.1, 0.15) is 0 Å². The largest absolute Gasteiger partial charge is 0.208 e. The Balaban J connectivity index is 1.20. The highest BCUT2D eigenvalue weighted by molar-refractivity contribution is 5.74. The van der Waals surface area contributed by atoms with Crippen molar-refractivity contribution in [2.24, 2.45) is 17.8 Å². The van der Waals surface area contributed by atoms with Crippen LogP contribution < -0.4 is 0 Å². The molecule has 1 aromatic heterocycles. The molecule has 1 heterocycles. The van der Waals surface area contributed by atoms with Crippen LogP contribution >= 0.6 is 0 Å². The summed E-state index contributed by atoms with van der Waals surface area (Å²) >= 11 is 0. The Morgan fingerprint density at radius 1 is 0.605 bits per heavy atom. The summed E-state index contributed by atoms with van der Waals surface area (Å²) in [7, 11) is 0. The third-order valence-electron chi connectivity index (χ3n) is 10.2. The molecule has 0 N–H and O–H groups in total.